The maximum Gasteiger partial charge on any atom is 0.501 e. The summed E-state index contributed by atoms with van der Waals surface area (Å²) in [5.74, 6) is -0.739. The van der Waals surface area contributed by atoms with Gasteiger partial charge in [0.1, 0.15) is 12.7 Å². The van der Waals surface area contributed by atoms with Gasteiger partial charge in [-0.05, 0) is 26.8 Å². The smallest absolute Gasteiger partial charge is 0.501 e. The summed E-state index contributed by atoms with van der Waals surface area (Å²) in [6, 6.07) is 0.632. The molecule has 0 saturated carbocycles. The lowest BCUT2D eigenvalue weighted by molar-refractivity contribution is -0.152. The first-order valence-corrected chi connectivity index (χ1v) is 16.6. The average molecular weight is 592 g/mol. The molecule has 13 nitrogen and oxygen atoms in total. The highest BCUT2D eigenvalue weighted by molar-refractivity contribution is 7.99. The molecule has 0 aliphatic rings. The van der Waals surface area contributed by atoms with Gasteiger partial charge in [0, 0.05) is 64.3 Å². The predicted molar refractivity (Wildman–Crippen MR) is 140 cm³/mol. The number of aliphatic hydroxyl groups excluding tert-OH is 1. The topological polar surface area (TPSA) is 182 Å². The number of hydrogen-bond acceptors (Lipinski definition) is 14. The number of nitrogens with one attached hydrogen (secondary N) is 2. The monoisotopic (exact) mass is 591 g/mol. The molecule has 0 spiro atoms. The highest BCUT2D eigenvalue weighted by Gasteiger charge is 2.36. The quantitative estimate of drug-likeness (QED) is 0.0602. The van der Waals surface area contributed by atoms with E-state index in [9.17, 15) is 27.7 Å². The summed E-state index contributed by atoms with van der Waals surface area (Å²) in [6.45, 7) is 5.30. The van der Waals surface area contributed by atoms with E-state index in [1.54, 1.807) is 35.2 Å². The van der Waals surface area contributed by atoms with Gasteiger partial charge < -0.3 is 43.0 Å². The summed E-state index contributed by atoms with van der Waals surface area (Å²) in [4.78, 5) is 24.0. The molecule has 0 amide bonds. The van der Waals surface area contributed by atoms with Crippen molar-refractivity contribution in [2.24, 2.45) is 5.41 Å². The third kappa shape index (κ3) is 18.2. The molecule has 0 aromatic rings. The van der Waals surface area contributed by atoms with Crippen LogP contribution in [0.1, 0.15) is 26.7 Å². The highest BCUT2D eigenvalue weighted by atomic mass is 32.2. The number of hydrogen-bond donors (Lipinski definition) is 3. The van der Waals surface area contributed by atoms with Crippen LogP contribution in [0.15, 0.2) is 0 Å². The van der Waals surface area contributed by atoms with Crippen LogP contribution in [0.2, 0.25) is 6.04 Å². The van der Waals surface area contributed by atoms with E-state index in [4.69, 9.17) is 22.8 Å². The van der Waals surface area contributed by atoms with Crippen molar-refractivity contribution >= 4 is 42.6 Å². The maximum absolute atomic E-state index is 12.1. The van der Waals surface area contributed by atoms with Gasteiger partial charge in [0.2, 0.25) is 0 Å². The van der Waals surface area contributed by atoms with Crippen molar-refractivity contribution in [3.63, 3.8) is 0 Å². The van der Waals surface area contributed by atoms with Gasteiger partial charge in [-0.3, -0.25) is 9.59 Å². The van der Waals surface area contributed by atoms with Crippen molar-refractivity contribution in [1.82, 2.24) is 10.6 Å². The Hall–Kier alpha value is -0.823. The summed E-state index contributed by atoms with van der Waals surface area (Å²) in [6.07, 6.45) is -0.764. The molecular weight excluding hydrogens is 548 g/mol. The Morgan fingerprint density at radius 2 is 1.68 bits per heavy atom. The largest absolute Gasteiger partial charge is 0.748 e. The van der Waals surface area contributed by atoms with E-state index in [-0.39, 0.29) is 32.6 Å². The van der Waals surface area contributed by atoms with Crippen LogP contribution < -0.4 is 10.6 Å². The van der Waals surface area contributed by atoms with E-state index in [0.29, 0.717) is 37.2 Å². The van der Waals surface area contributed by atoms with Crippen molar-refractivity contribution in [2.45, 2.75) is 38.8 Å². The van der Waals surface area contributed by atoms with Gasteiger partial charge in [-0.15, -0.1) is 0 Å². The summed E-state index contributed by atoms with van der Waals surface area (Å²) in [5.41, 5.74) is -0.843. The molecule has 0 fully saturated rings. The molecule has 1 atom stereocenters. The first-order chi connectivity index (χ1) is 17.3. The number of rotatable bonds is 23. The Bertz CT molecular complexity index is 745. The molecule has 0 saturated heterocycles. The molecule has 0 aromatic heterocycles. The molecule has 37 heavy (non-hydrogen) atoms. The van der Waals surface area contributed by atoms with E-state index in [1.807, 2.05) is 0 Å². The van der Waals surface area contributed by atoms with Gasteiger partial charge in [0.05, 0.1) is 28.6 Å². The minimum atomic E-state index is -4.33. The van der Waals surface area contributed by atoms with Crippen LogP contribution in [0, 0.1) is 5.41 Å². The minimum Gasteiger partial charge on any atom is -0.748 e. The third-order valence-corrected chi connectivity index (χ3v) is 10.0. The normalized spacial score (nSPS) is 13.4. The van der Waals surface area contributed by atoms with Crippen molar-refractivity contribution in [3.05, 3.63) is 0 Å². The van der Waals surface area contributed by atoms with Crippen LogP contribution >= 0.6 is 11.8 Å². The van der Waals surface area contributed by atoms with E-state index in [1.165, 1.54) is 11.8 Å². The Labute approximate surface area is 225 Å². The fourth-order valence-corrected chi connectivity index (χ4v) is 5.98. The van der Waals surface area contributed by atoms with E-state index >= 15 is 0 Å². The fourth-order valence-electron chi connectivity index (χ4n) is 2.83. The Kier molecular flexibility index (Phi) is 18.8. The number of ether oxygens (including phenoxy) is 2. The molecule has 0 heterocycles. The van der Waals surface area contributed by atoms with E-state index in [0.717, 1.165) is 0 Å². The minimum absolute atomic E-state index is 0.0502. The molecule has 0 aromatic carbocycles. The number of aliphatic hydroxyl groups is 1. The number of carbonyl (C=O) groups excluding carboxylic acids is 2. The summed E-state index contributed by atoms with van der Waals surface area (Å²) in [7, 11) is -2.22. The molecule has 3 N–H and O–H groups in total. The standard InChI is InChI=1S/C21H44N2O11S2Si/c1-21(2,20(26)33-11-6-13-36(27,28)29)17-35-12-7-19(25)34-16-18(24)15-23-9-8-22-10-14-37(30-3,31-4)32-5/h18,22-24H,6-17H2,1-5H3,(H,27,28,29)/p-1. The lowest BCUT2D eigenvalue weighted by Gasteiger charge is -2.24. The van der Waals surface area contributed by atoms with Crippen LogP contribution in [0.25, 0.3) is 0 Å². The molecule has 0 radical (unpaired) electrons. The number of esters is 2. The second-order valence-electron chi connectivity index (χ2n) is 8.77. The molecule has 0 aliphatic carbocycles. The Morgan fingerprint density at radius 1 is 1.05 bits per heavy atom. The average Bonchev–Trinajstić information content (AvgIpc) is 2.84. The fraction of sp³-hybridized carbons (Fsp3) is 0.905. The molecule has 0 bridgehead atoms. The molecule has 16 heteroatoms. The van der Waals surface area contributed by atoms with Gasteiger partial charge in [0.25, 0.3) is 0 Å². The second-order valence-corrected chi connectivity index (χ2v) is 14.5. The lowest BCUT2D eigenvalue weighted by atomic mass is 9.97. The van der Waals surface area contributed by atoms with Gasteiger partial charge >= 0.3 is 20.7 Å². The number of carbonyl (C=O) groups is 2. The van der Waals surface area contributed by atoms with Crippen molar-refractivity contribution in [2.75, 3.05) is 78.0 Å². The predicted octanol–water partition coefficient (Wildman–Crippen LogP) is -0.424. The third-order valence-electron chi connectivity index (χ3n) is 5.07. The molecule has 0 aliphatic heterocycles. The number of thioether (sulfide) groups is 1. The van der Waals surface area contributed by atoms with Crippen molar-refractivity contribution in [1.29, 1.82) is 0 Å². The zero-order valence-corrected chi connectivity index (χ0v) is 25.0. The molecule has 220 valence electrons. The van der Waals surface area contributed by atoms with Gasteiger partial charge in [-0.1, -0.05) is 0 Å². The van der Waals surface area contributed by atoms with Crippen molar-refractivity contribution in [3.8, 4) is 0 Å². The summed E-state index contributed by atoms with van der Waals surface area (Å²) >= 11 is 1.37. The Morgan fingerprint density at radius 3 is 2.27 bits per heavy atom. The highest BCUT2D eigenvalue weighted by Crippen LogP contribution is 2.24. The van der Waals surface area contributed by atoms with Gasteiger partial charge in [-0.25, -0.2) is 8.42 Å². The summed E-state index contributed by atoms with van der Waals surface area (Å²) in [5, 5.41) is 16.3. The SMILES string of the molecule is CO[Si](CCNCCNCC(O)COC(=O)CCSCC(C)(C)C(=O)OCCCS(=O)(=O)[O-])(OC)OC. The Balaban J connectivity index is 3.87. The van der Waals surface area contributed by atoms with E-state index < -0.39 is 48.1 Å². The zero-order chi connectivity index (χ0) is 28.4. The van der Waals surface area contributed by atoms with Crippen LogP contribution in [0.4, 0.5) is 0 Å². The summed E-state index contributed by atoms with van der Waals surface area (Å²) < 4.78 is 57.8. The second kappa shape index (κ2) is 19.3. The zero-order valence-electron chi connectivity index (χ0n) is 22.4. The van der Waals surface area contributed by atoms with Gasteiger partial charge in [-0.2, -0.15) is 11.8 Å². The van der Waals surface area contributed by atoms with Crippen molar-refractivity contribution < 1.29 is 50.4 Å². The van der Waals surface area contributed by atoms with Crippen LogP contribution in [-0.4, -0.2) is 123 Å². The maximum atomic E-state index is 12.1. The first-order valence-electron chi connectivity index (χ1n) is 11.9. The first kappa shape index (κ1) is 36.2. The van der Waals surface area contributed by atoms with Crippen LogP contribution in [0.3, 0.4) is 0 Å². The van der Waals surface area contributed by atoms with Crippen LogP contribution in [0.5, 0.6) is 0 Å². The molecule has 0 rings (SSSR count). The van der Waals surface area contributed by atoms with E-state index in [2.05, 4.69) is 10.6 Å². The van der Waals surface area contributed by atoms with Gasteiger partial charge in [0.15, 0.2) is 0 Å². The molecular formula is C21H43N2O11S2Si-. The van der Waals surface area contributed by atoms with Crippen LogP contribution in [-0.2, 0) is 42.5 Å². The lowest BCUT2D eigenvalue weighted by Crippen LogP contribution is -2.45. The molecule has 1 unspecified atom stereocenters.